The zero-order chi connectivity index (χ0) is 14.9. The summed E-state index contributed by atoms with van der Waals surface area (Å²) in [5, 5.41) is 10.2. The molecular weight excluding hydrogens is 280 g/mol. The number of aryl methyl sites for hydroxylation is 1. The van der Waals surface area contributed by atoms with Crippen molar-refractivity contribution in [3.05, 3.63) is 40.4 Å². The van der Waals surface area contributed by atoms with Crippen molar-refractivity contribution in [2.75, 3.05) is 6.61 Å². The largest absolute Gasteiger partial charge is 0.395 e. The van der Waals surface area contributed by atoms with Gasteiger partial charge in [0.1, 0.15) is 5.01 Å². The number of thiazole rings is 1. The van der Waals surface area contributed by atoms with Gasteiger partial charge in [0.2, 0.25) is 0 Å². The predicted octanol–water partition coefficient (Wildman–Crippen LogP) is 4.33. The summed E-state index contributed by atoms with van der Waals surface area (Å²) in [6, 6.07) is 6.17. The van der Waals surface area contributed by atoms with E-state index in [0.717, 1.165) is 21.1 Å². The molecule has 20 heavy (non-hydrogen) atoms. The van der Waals surface area contributed by atoms with E-state index in [1.165, 1.54) is 23.5 Å². The molecule has 1 aromatic heterocycles. The van der Waals surface area contributed by atoms with E-state index in [-0.39, 0.29) is 12.2 Å². The average molecular weight is 297 g/mol. The predicted molar refractivity (Wildman–Crippen MR) is 77.4 cm³/mol. The summed E-state index contributed by atoms with van der Waals surface area (Å²) in [6.07, 6.45) is -2.45. The summed E-state index contributed by atoms with van der Waals surface area (Å²) in [5.41, 5.74) is 1.29. The van der Waals surface area contributed by atoms with Gasteiger partial charge in [0.25, 0.3) is 6.43 Å². The van der Waals surface area contributed by atoms with E-state index in [2.05, 4.69) is 4.98 Å². The van der Waals surface area contributed by atoms with E-state index in [0.29, 0.717) is 0 Å². The van der Waals surface area contributed by atoms with Gasteiger partial charge in [-0.15, -0.1) is 11.3 Å². The number of alkyl halides is 2. The van der Waals surface area contributed by atoms with Gasteiger partial charge in [0.15, 0.2) is 0 Å². The summed E-state index contributed by atoms with van der Waals surface area (Å²) in [7, 11) is 0. The molecule has 0 amide bonds. The van der Waals surface area contributed by atoms with Crippen LogP contribution < -0.4 is 0 Å². The Bertz CT molecular complexity index is 590. The zero-order valence-corrected chi connectivity index (χ0v) is 12.5. The Kier molecular flexibility index (Phi) is 4.20. The highest BCUT2D eigenvalue weighted by Crippen LogP contribution is 2.34. The molecule has 0 aliphatic rings. The molecule has 0 fully saturated rings. The van der Waals surface area contributed by atoms with Gasteiger partial charge in [0.05, 0.1) is 12.3 Å². The molecule has 0 radical (unpaired) electrons. The molecule has 1 aromatic carbocycles. The van der Waals surface area contributed by atoms with Crippen LogP contribution >= 0.6 is 11.3 Å². The third-order valence-corrected chi connectivity index (χ3v) is 4.26. The lowest BCUT2D eigenvalue weighted by molar-refractivity contribution is 0.151. The van der Waals surface area contributed by atoms with E-state index in [9.17, 15) is 13.9 Å². The lowest BCUT2D eigenvalue weighted by atomic mass is 9.90. The molecule has 2 rings (SSSR count). The smallest absolute Gasteiger partial charge is 0.263 e. The van der Waals surface area contributed by atoms with Crippen LogP contribution in [-0.4, -0.2) is 16.7 Å². The molecular formula is C15H17F2NOS. The minimum Gasteiger partial charge on any atom is -0.395 e. The zero-order valence-electron chi connectivity index (χ0n) is 11.7. The van der Waals surface area contributed by atoms with E-state index < -0.39 is 11.8 Å². The Morgan fingerprint density at radius 2 is 1.85 bits per heavy atom. The second kappa shape index (κ2) is 5.58. The molecule has 0 unspecified atom stereocenters. The van der Waals surface area contributed by atoms with Gasteiger partial charge in [-0.2, -0.15) is 0 Å². The van der Waals surface area contributed by atoms with Crippen LogP contribution in [0.3, 0.4) is 0 Å². The number of halogens is 2. The van der Waals surface area contributed by atoms with Crippen molar-refractivity contribution in [3.63, 3.8) is 0 Å². The second-order valence-electron chi connectivity index (χ2n) is 5.39. The van der Waals surface area contributed by atoms with Gasteiger partial charge >= 0.3 is 0 Å². The van der Waals surface area contributed by atoms with E-state index in [1.807, 2.05) is 20.8 Å². The summed E-state index contributed by atoms with van der Waals surface area (Å²) in [5.74, 6) is 0. The van der Waals surface area contributed by atoms with Gasteiger partial charge < -0.3 is 5.11 Å². The maximum absolute atomic E-state index is 12.5. The lowest BCUT2D eigenvalue weighted by Gasteiger charge is -2.19. The number of nitrogens with zero attached hydrogens (tertiary/aromatic N) is 1. The second-order valence-corrected chi connectivity index (χ2v) is 6.59. The Hall–Kier alpha value is -1.33. The molecule has 0 bridgehead atoms. The molecule has 1 heterocycles. The maximum Gasteiger partial charge on any atom is 0.263 e. The molecule has 0 aliphatic heterocycles. The molecule has 2 aromatic rings. The van der Waals surface area contributed by atoms with Gasteiger partial charge in [-0.05, 0) is 6.92 Å². The average Bonchev–Trinajstić information content (AvgIpc) is 2.81. The minimum absolute atomic E-state index is 0.0120. The van der Waals surface area contributed by atoms with Gasteiger partial charge in [-0.25, -0.2) is 13.8 Å². The van der Waals surface area contributed by atoms with Crippen LogP contribution in [0.5, 0.6) is 0 Å². The molecule has 0 saturated carbocycles. The Morgan fingerprint density at radius 3 is 2.35 bits per heavy atom. The third kappa shape index (κ3) is 2.88. The summed E-state index contributed by atoms with van der Waals surface area (Å²) >= 11 is 1.51. The monoisotopic (exact) mass is 297 g/mol. The van der Waals surface area contributed by atoms with Crippen molar-refractivity contribution in [1.82, 2.24) is 4.98 Å². The van der Waals surface area contributed by atoms with Crippen molar-refractivity contribution in [2.24, 2.45) is 0 Å². The molecule has 2 nitrogen and oxygen atoms in total. The highest BCUT2D eigenvalue weighted by Gasteiger charge is 2.25. The van der Waals surface area contributed by atoms with E-state index in [1.54, 1.807) is 12.1 Å². The summed E-state index contributed by atoms with van der Waals surface area (Å²) < 4.78 is 25.1. The first-order valence-corrected chi connectivity index (χ1v) is 7.14. The maximum atomic E-state index is 12.5. The normalized spacial score (nSPS) is 12.2. The van der Waals surface area contributed by atoms with Crippen molar-refractivity contribution < 1.29 is 13.9 Å². The standard InChI is InChI=1S/C15H17F2NOS/c1-9-12(15(2,3)8-19)18-14(20-9)11-6-4-10(5-7-11)13(16)17/h4-7,13,19H,8H2,1-3H3. The van der Waals surface area contributed by atoms with Crippen LogP contribution in [0.25, 0.3) is 10.6 Å². The van der Waals surface area contributed by atoms with Crippen molar-refractivity contribution >= 4 is 11.3 Å². The molecule has 108 valence electrons. The first-order valence-electron chi connectivity index (χ1n) is 6.32. The first-order chi connectivity index (χ1) is 9.35. The molecule has 5 heteroatoms. The number of aromatic nitrogens is 1. The highest BCUT2D eigenvalue weighted by atomic mass is 32.1. The highest BCUT2D eigenvalue weighted by molar-refractivity contribution is 7.15. The molecule has 0 spiro atoms. The number of hydrogen-bond acceptors (Lipinski definition) is 3. The molecule has 0 saturated heterocycles. The van der Waals surface area contributed by atoms with Crippen LogP contribution in [0.1, 0.15) is 36.4 Å². The molecule has 0 atom stereocenters. The van der Waals surface area contributed by atoms with E-state index in [4.69, 9.17) is 0 Å². The van der Waals surface area contributed by atoms with Crippen molar-refractivity contribution in [3.8, 4) is 10.6 Å². The van der Waals surface area contributed by atoms with Crippen LogP contribution in [0.2, 0.25) is 0 Å². The van der Waals surface area contributed by atoms with Crippen LogP contribution in [-0.2, 0) is 5.41 Å². The Labute approximate surface area is 121 Å². The fraction of sp³-hybridized carbons (Fsp3) is 0.400. The quantitative estimate of drug-likeness (QED) is 0.911. The Morgan fingerprint density at radius 1 is 1.25 bits per heavy atom. The van der Waals surface area contributed by atoms with Gasteiger partial charge in [0, 0.05) is 21.4 Å². The van der Waals surface area contributed by atoms with Gasteiger partial charge in [-0.1, -0.05) is 38.1 Å². The summed E-state index contributed by atoms with van der Waals surface area (Å²) in [6.45, 7) is 5.83. The lowest BCUT2D eigenvalue weighted by Crippen LogP contribution is -2.23. The minimum atomic E-state index is -2.45. The van der Waals surface area contributed by atoms with E-state index >= 15 is 0 Å². The van der Waals surface area contributed by atoms with Crippen molar-refractivity contribution in [2.45, 2.75) is 32.6 Å². The van der Waals surface area contributed by atoms with Gasteiger partial charge in [-0.3, -0.25) is 0 Å². The van der Waals surface area contributed by atoms with Crippen LogP contribution in [0.15, 0.2) is 24.3 Å². The van der Waals surface area contributed by atoms with Crippen LogP contribution in [0.4, 0.5) is 8.78 Å². The fourth-order valence-electron chi connectivity index (χ4n) is 1.99. The first kappa shape index (κ1) is 15.1. The number of rotatable bonds is 4. The SMILES string of the molecule is Cc1sc(-c2ccc(C(F)F)cc2)nc1C(C)(C)CO. The number of benzene rings is 1. The number of hydrogen-bond donors (Lipinski definition) is 1. The summed E-state index contributed by atoms with van der Waals surface area (Å²) in [4.78, 5) is 5.61. The van der Waals surface area contributed by atoms with Crippen molar-refractivity contribution in [1.29, 1.82) is 0 Å². The molecule has 0 aliphatic carbocycles. The third-order valence-electron chi connectivity index (χ3n) is 3.24. The van der Waals surface area contributed by atoms with Crippen LogP contribution in [0, 0.1) is 6.92 Å². The Balaban J connectivity index is 2.37. The molecule has 1 N–H and O–H groups in total. The topological polar surface area (TPSA) is 33.1 Å². The fourth-order valence-corrected chi connectivity index (χ4v) is 3.09. The number of aliphatic hydroxyl groups excluding tert-OH is 1. The number of aliphatic hydroxyl groups is 1.